The van der Waals surface area contributed by atoms with Gasteiger partial charge in [-0.25, -0.2) is 4.79 Å². The molecule has 3 rings (SSSR count). The Hall–Kier alpha value is -3.60. The van der Waals surface area contributed by atoms with Crippen LogP contribution in [-0.2, 0) is 4.74 Å². The molecule has 1 amide bonds. The molecule has 0 bridgehead atoms. The van der Waals surface area contributed by atoms with Gasteiger partial charge in [-0.2, -0.15) is 0 Å². The molecular formula is C23H21NO4. The van der Waals surface area contributed by atoms with Gasteiger partial charge in [-0.1, -0.05) is 17.7 Å². The van der Waals surface area contributed by atoms with Gasteiger partial charge in [0.2, 0.25) is 0 Å². The third-order valence-corrected chi connectivity index (χ3v) is 4.03. The quantitative estimate of drug-likeness (QED) is 0.600. The number of nitrogens with one attached hydrogen (secondary N) is 1. The van der Waals surface area contributed by atoms with Gasteiger partial charge in [0, 0.05) is 11.3 Å². The molecule has 0 heterocycles. The second-order valence-electron chi connectivity index (χ2n) is 6.19. The maximum absolute atomic E-state index is 12.4. The predicted molar refractivity (Wildman–Crippen MR) is 108 cm³/mol. The van der Waals surface area contributed by atoms with Crippen molar-refractivity contribution in [3.8, 4) is 11.5 Å². The largest absolute Gasteiger partial charge is 0.462 e. The van der Waals surface area contributed by atoms with Crippen molar-refractivity contribution < 1.29 is 19.1 Å². The Balaban J connectivity index is 1.61. The molecule has 0 saturated carbocycles. The fourth-order valence-electron chi connectivity index (χ4n) is 2.52. The van der Waals surface area contributed by atoms with Gasteiger partial charge in [0.05, 0.1) is 12.2 Å². The van der Waals surface area contributed by atoms with Crippen LogP contribution in [0.2, 0.25) is 0 Å². The van der Waals surface area contributed by atoms with E-state index >= 15 is 0 Å². The maximum atomic E-state index is 12.4. The van der Waals surface area contributed by atoms with Crippen LogP contribution in [0.1, 0.15) is 33.2 Å². The van der Waals surface area contributed by atoms with E-state index in [1.54, 1.807) is 55.5 Å². The van der Waals surface area contributed by atoms with E-state index in [1.165, 1.54) is 0 Å². The molecule has 0 aromatic heterocycles. The highest BCUT2D eigenvalue weighted by Crippen LogP contribution is 2.22. The average Bonchev–Trinajstić information content (AvgIpc) is 2.71. The van der Waals surface area contributed by atoms with E-state index < -0.39 is 0 Å². The summed E-state index contributed by atoms with van der Waals surface area (Å²) in [5, 5.41) is 2.80. The number of hydrogen-bond donors (Lipinski definition) is 1. The number of esters is 1. The van der Waals surface area contributed by atoms with E-state index in [4.69, 9.17) is 9.47 Å². The molecule has 142 valence electrons. The number of amides is 1. The zero-order valence-corrected chi connectivity index (χ0v) is 15.8. The number of carbonyl (C=O) groups is 2. The smallest absolute Gasteiger partial charge is 0.338 e. The monoisotopic (exact) mass is 375 g/mol. The minimum absolute atomic E-state index is 0.245. The predicted octanol–water partition coefficient (Wildman–Crippen LogP) is 5.22. The summed E-state index contributed by atoms with van der Waals surface area (Å²) < 4.78 is 10.7. The molecule has 1 N–H and O–H groups in total. The van der Waals surface area contributed by atoms with Crippen molar-refractivity contribution in [2.24, 2.45) is 0 Å². The lowest BCUT2D eigenvalue weighted by atomic mass is 10.1. The van der Waals surface area contributed by atoms with Gasteiger partial charge in [0.1, 0.15) is 11.5 Å². The number of aryl methyl sites for hydroxylation is 1. The highest BCUT2D eigenvalue weighted by atomic mass is 16.5. The Kier molecular flexibility index (Phi) is 6.07. The number of anilines is 1. The molecule has 0 saturated heterocycles. The fourth-order valence-corrected chi connectivity index (χ4v) is 2.52. The Bertz CT molecular complexity index is 945. The van der Waals surface area contributed by atoms with Gasteiger partial charge < -0.3 is 14.8 Å². The zero-order chi connectivity index (χ0) is 19.9. The van der Waals surface area contributed by atoms with Gasteiger partial charge in [-0.3, -0.25) is 4.79 Å². The van der Waals surface area contributed by atoms with Gasteiger partial charge in [-0.15, -0.1) is 0 Å². The van der Waals surface area contributed by atoms with Crippen molar-refractivity contribution in [2.75, 3.05) is 11.9 Å². The molecule has 0 unspecified atom stereocenters. The first-order valence-corrected chi connectivity index (χ1v) is 8.98. The molecule has 0 aliphatic heterocycles. The Morgan fingerprint density at radius 2 is 1.32 bits per heavy atom. The van der Waals surface area contributed by atoms with Crippen LogP contribution in [0.15, 0.2) is 72.8 Å². The number of rotatable bonds is 6. The lowest BCUT2D eigenvalue weighted by molar-refractivity contribution is 0.0526. The van der Waals surface area contributed by atoms with Gasteiger partial charge in [-0.05, 0) is 74.5 Å². The molecule has 0 atom stereocenters. The molecule has 5 heteroatoms. The lowest BCUT2D eigenvalue weighted by Gasteiger charge is -2.08. The van der Waals surface area contributed by atoms with Crippen molar-refractivity contribution >= 4 is 17.6 Å². The third kappa shape index (κ3) is 4.98. The topological polar surface area (TPSA) is 64.6 Å². The van der Waals surface area contributed by atoms with Crippen LogP contribution >= 0.6 is 0 Å². The summed E-state index contributed by atoms with van der Waals surface area (Å²) in [7, 11) is 0. The summed E-state index contributed by atoms with van der Waals surface area (Å²) in [5.41, 5.74) is 2.70. The number of hydrogen-bond acceptors (Lipinski definition) is 4. The molecule has 3 aromatic rings. The summed E-state index contributed by atoms with van der Waals surface area (Å²) in [6.07, 6.45) is 0. The second kappa shape index (κ2) is 8.86. The van der Waals surface area contributed by atoms with Gasteiger partial charge >= 0.3 is 5.97 Å². The average molecular weight is 375 g/mol. The molecule has 0 aliphatic rings. The van der Waals surface area contributed by atoms with Crippen LogP contribution in [-0.4, -0.2) is 18.5 Å². The molecular weight excluding hydrogens is 354 g/mol. The standard InChI is InChI=1S/C23H21NO4/c1-3-27-23(26)18-6-10-19(11-7-18)24-22(25)17-8-14-21(15-9-17)28-20-12-4-16(2)5-13-20/h4-15H,3H2,1-2H3,(H,24,25). The summed E-state index contributed by atoms with van der Waals surface area (Å²) in [4.78, 5) is 24.1. The summed E-state index contributed by atoms with van der Waals surface area (Å²) in [5.74, 6) is 0.763. The molecule has 0 fully saturated rings. The van der Waals surface area contributed by atoms with Crippen molar-refractivity contribution in [2.45, 2.75) is 13.8 Å². The van der Waals surface area contributed by atoms with Crippen LogP contribution in [0.3, 0.4) is 0 Å². The lowest BCUT2D eigenvalue weighted by Crippen LogP contribution is -2.12. The first-order valence-electron chi connectivity index (χ1n) is 8.98. The Morgan fingerprint density at radius 3 is 1.89 bits per heavy atom. The first kappa shape index (κ1) is 19.2. The van der Waals surface area contributed by atoms with Gasteiger partial charge in [0.25, 0.3) is 5.91 Å². The van der Waals surface area contributed by atoms with Crippen LogP contribution in [0.4, 0.5) is 5.69 Å². The van der Waals surface area contributed by atoms with E-state index in [0.717, 1.165) is 11.3 Å². The van der Waals surface area contributed by atoms with Crippen LogP contribution < -0.4 is 10.1 Å². The second-order valence-corrected chi connectivity index (χ2v) is 6.19. The van der Waals surface area contributed by atoms with Crippen molar-refractivity contribution in [1.29, 1.82) is 0 Å². The molecule has 28 heavy (non-hydrogen) atoms. The molecule has 0 aliphatic carbocycles. The molecule has 0 spiro atoms. The normalized spacial score (nSPS) is 10.2. The first-order chi connectivity index (χ1) is 13.5. The summed E-state index contributed by atoms with van der Waals surface area (Å²) in [6.45, 7) is 4.09. The van der Waals surface area contributed by atoms with E-state index in [-0.39, 0.29) is 11.9 Å². The number of benzene rings is 3. The zero-order valence-electron chi connectivity index (χ0n) is 15.8. The highest BCUT2D eigenvalue weighted by molar-refractivity contribution is 6.04. The molecule has 3 aromatic carbocycles. The Morgan fingerprint density at radius 1 is 0.786 bits per heavy atom. The van der Waals surface area contributed by atoms with Crippen LogP contribution in [0.25, 0.3) is 0 Å². The maximum Gasteiger partial charge on any atom is 0.338 e. The SMILES string of the molecule is CCOC(=O)c1ccc(NC(=O)c2ccc(Oc3ccc(C)cc3)cc2)cc1. The molecule has 5 nitrogen and oxygen atoms in total. The number of ether oxygens (including phenoxy) is 2. The third-order valence-electron chi connectivity index (χ3n) is 4.03. The minimum atomic E-state index is -0.385. The van der Waals surface area contributed by atoms with Crippen LogP contribution in [0.5, 0.6) is 11.5 Å². The fraction of sp³-hybridized carbons (Fsp3) is 0.130. The highest BCUT2D eigenvalue weighted by Gasteiger charge is 2.09. The van der Waals surface area contributed by atoms with Crippen molar-refractivity contribution in [3.05, 3.63) is 89.5 Å². The minimum Gasteiger partial charge on any atom is -0.462 e. The van der Waals surface area contributed by atoms with E-state index in [9.17, 15) is 9.59 Å². The summed E-state index contributed by atoms with van der Waals surface area (Å²) >= 11 is 0. The van der Waals surface area contributed by atoms with Crippen molar-refractivity contribution in [3.63, 3.8) is 0 Å². The van der Waals surface area contributed by atoms with Gasteiger partial charge in [0.15, 0.2) is 0 Å². The number of carbonyl (C=O) groups excluding carboxylic acids is 2. The van der Waals surface area contributed by atoms with E-state index in [1.807, 2.05) is 31.2 Å². The Labute approximate surface area is 163 Å². The molecule has 0 radical (unpaired) electrons. The van der Waals surface area contributed by atoms with E-state index in [2.05, 4.69) is 5.32 Å². The van der Waals surface area contributed by atoms with Crippen molar-refractivity contribution in [1.82, 2.24) is 0 Å². The van der Waals surface area contributed by atoms with E-state index in [0.29, 0.717) is 29.2 Å². The van der Waals surface area contributed by atoms with Crippen LogP contribution in [0, 0.1) is 6.92 Å². The summed E-state index contributed by atoms with van der Waals surface area (Å²) in [6, 6.07) is 21.2.